The fourth-order valence-corrected chi connectivity index (χ4v) is 2.74. The van der Waals surface area contributed by atoms with Crippen LogP contribution in [0, 0.1) is 18.3 Å². The molecule has 23 heavy (non-hydrogen) atoms. The second-order valence-corrected chi connectivity index (χ2v) is 5.74. The summed E-state index contributed by atoms with van der Waals surface area (Å²) >= 11 is 0. The standard InChI is InChI=1S/C18H18N4O/c1-14-3-2-4-15(9-14)12-22-8-7-21(13-18(22)23)17-6-5-16(10-19)11-20-17/h2-6,9,11H,7-8,12-13H2,1H3. The first-order valence-electron chi connectivity index (χ1n) is 7.60. The van der Waals surface area contributed by atoms with E-state index in [1.165, 1.54) is 5.56 Å². The van der Waals surface area contributed by atoms with E-state index in [2.05, 4.69) is 30.1 Å². The molecule has 0 aliphatic carbocycles. The van der Waals surface area contributed by atoms with Gasteiger partial charge in [-0.25, -0.2) is 4.98 Å². The molecular weight excluding hydrogens is 288 g/mol. The number of rotatable bonds is 3. The topological polar surface area (TPSA) is 60.2 Å². The number of piperazine rings is 1. The first-order valence-corrected chi connectivity index (χ1v) is 7.60. The second-order valence-electron chi connectivity index (χ2n) is 5.74. The molecule has 1 aliphatic heterocycles. The highest BCUT2D eigenvalue weighted by Gasteiger charge is 2.24. The summed E-state index contributed by atoms with van der Waals surface area (Å²) in [7, 11) is 0. The zero-order chi connectivity index (χ0) is 16.2. The van der Waals surface area contributed by atoms with Crippen molar-refractivity contribution in [3.8, 4) is 6.07 Å². The minimum Gasteiger partial charge on any atom is -0.346 e. The van der Waals surface area contributed by atoms with Gasteiger partial charge in [0.15, 0.2) is 0 Å². The molecule has 116 valence electrons. The van der Waals surface area contributed by atoms with Crippen molar-refractivity contribution in [2.45, 2.75) is 13.5 Å². The van der Waals surface area contributed by atoms with Crippen molar-refractivity contribution in [2.24, 2.45) is 0 Å². The fraction of sp³-hybridized carbons (Fsp3) is 0.278. The number of carbonyl (C=O) groups excluding carboxylic acids is 1. The number of carbonyl (C=O) groups is 1. The van der Waals surface area contributed by atoms with Gasteiger partial charge in [0, 0.05) is 25.8 Å². The van der Waals surface area contributed by atoms with Crippen LogP contribution in [0.3, 0.4) is 0 Å². The lowest BCUT2D eigenvalue weighted by Gasteiger charge is -2.35. The average molecular weight is 306 g/mol. The number of amides is 1. The summed E-state index contributed by atoms with van der Waals surface area (Å²) in [6.07, 6.45) is 1.54. The number of aromatic nitrogens is 1. The number of benzene rings is 1. The van der Waals surface area contributed by atoms with Gasteiger partial charge in [0.1, 0.15) is 11.9 Å². The predicted molar refractivity (Wildman–Crippen MR) is 87.8 cm³/mol. The van der Waals surface area contributed by atoms with Crippen LogP contribution in [0.25, 0.3) is 0 Å². The molecule has 2 heterocycles. The van der Waals surface area contributed by atoms with E-state index in [0.29, 0.717) is 25.2 Å². The predicted octanol–water partition coefficient (Wildman–Crippen LogP) is 2.11. The minimum atomic E-state index is 0.101. The summed E-state index contributed by atoms with van der Waals surface area (Å²) in [5.41, 5.74) is 2.89. The van der Waals surface area contributed by atoms with Gasteiger partial charge in [0.25, 0.3) is 0 Å². The third-order valence-electron chi connectivity index (χ3n) is 3.98. The van der Waals surface area contributed by atoms with Gasteiger partial charge in [0.05, 0.1) is 12.1 Å². The zero-order valence-electron chi connectivity index (χ0n) is 13.1. The number of nitrogens with zero attached hydrogens (tertiary/aromatic N) is 4. The Hall–Kier alpha value is -2.87. The molecular formula is C18H18N4O. The van der Waals surface area contributed by atoms with Crippen molar-refractivity contribution in [3.05, 3.63) is 59.3 Å². The summed E-state index contributed by atoms with van der Waals surface area (Å²) in [6, 6.07) is 13.8. The molecule has 1 saturated heterocycles. The molecule has 0 radical (unpaired) electrons. The summed E-state index contributed by atoms with van der Waals surface area (Å²) in [6.45, 7) is 4.45. The highest BCUT2D eigenvalue weighted by atomic mass is 16.2. The molecule has 2 aromatic rings. The number of pyridine rings is 1. The first-order chi connectivity index (χ1) is 11.2. The maximum Gasteiger partial charge on any atom is 0.242 e. The van der Waals surface area contributed by atoms with Crippen LogP contribution in [-0.2, 0) is 11.3 Å². The van der Waals surface area contributed by atoms with Gasteiger partial charge in [0.2, 0.25) is 5.91 Å². The molecule has 3 rings (SSSR count). The third-order valence-corrected chi connectivity index (χ3v) is 3.98. The number of hydrogen-bond acceptors (Lipinski definition) is 4. The third kappa shape index (κ3) is 3.49. The lowest BCUT2D eigenvalue weighted by Crippen LogP contribution is -2.50. The van der Waals surface area contributed by atoms with E-state index >= 15 is 0 Å². The maximum atomic E-state index is 12.4. The number of nitriles is 1. The molecule has 0 unspecified atom stereocenters. The van der Waals surface area contributed by atoms with Gasteiger partial charge in [-0.3, -0.25) is 4.79 Å². The molecule has 5 nitrogen and oxygen atoms in total. The molecule has 1 aromatic heterocycles. The van der Waals surface area contributed by atoms with Crippen LogP contribution >= 0.6 is 0 Å². The summed E-state index contributed by atoms with van der Waals surface area (Å²) < 4.78 is 0. The van der Waals surface area contributed by atoms with Crippen molar-refractivity contribution >= 4 is 11.7 Å². The lowest BCUT2D eigenvalue weighted by atomic mass is 10.1. The molecule has 1 aliphatic rings. The maximum absolute atomic E-state index is 12.4. The Balaban J connectivity index is 1.65. The quantitative estimate of drug-likeness (QED) is 0.871. The summed E-state index contributed by atoms with van der Waals surface area (Å²) in [5.74, 6) is 0.844. The van der Waals surface area contributed by atoms with E-state index in [1.54, 1.807) is 18.3 Å². The van der Waals surface area contributed by atoms with Gasteiger partial charge in [-0.15, -0.1) is 0 Å². The van der Waals surface area contributed by atoms with Crippen molar-refractivity contribution in [2.75, 3.05) is 24.5 Å². The largest absolute Gasteiger partial charge is 0.346 e. The van der Waals surface area contributed by atoms with Crippen LogP contribution in [0.2, 0.25) is 0 Å². The van der Waals surface area contributed by atoms with Gasteiger partial charge in [-0.1, -0.05) is 29.8 Å². The van der Waals surface area contributed by atoms with E-state index in [4.69, 9.17) is 5.26 Å². The second kappa shape index (κ2) is 6.49. The van der Waals surface area contributed by atoms with Gasteiger partial charge < -0.3 is 9.80 Å². The molecule has 1 fully saturated rings. The zero-order valence-corrected chi connectivity index (χ0v) is 13.1. The Labute approximate surface area is 135 Å². The van der Waals surface area contributed by atoms with Crippen LogP contribution < -0.4 is 4.90 Å². The van der Waals surface area contributed by atoms with Crippen molar-refractivity contribution in [3.63, 3.8) is 0 Å². The Morgan fingerprint density at radius 2 is 2.13 bits per heavy atom. The summed E-state index contributed by atoms with van der Waals surface area (Å²) in [4.78, 5) is 20.5. The van der Waals surface area contributed by atoms with E-state index in [1.807, 2.05) is 21.9 Å². The van der Waals surface area contributed by atoms with Crippen molar-refractivity contribution in [1.82, 2.24) is 9.88 Å². The monoisotopic (exact) mass is 306 g/mol. The molecule has 0 saturated carbocycles. The van der Waals surface area contributed by atoms with E-state index in [0.717, 1.165) is 17.9 Å². The van der Waals surface area contributed by atoms with E-state index in [-0.39, 0.29) is 5.91 Å². The van der Waals surface area contributed by atoms with Crippen LogP contribution in [0.1, 0.15) is 16.7 Å². The molecule has 1 amide bonds. The highest BCUT2D eigenvalue weighted by molar-refractivity contribution is 5.82. The fourth-order valence-electron chi connectivity index (χ4n) is 2.74. The Kier molecular flexibility index (Phi) is 4.24. The van der Waals surface area contributed by atoms with E-state index < -0.39 is 0 Å². The van der Waals surface area contributed by atoms with Gasteiger partial charge in [-0.2, -0.15) is 5.26 Å². The number of anilines is 1. The SMILES string of the molecule is Cc1cccc(CN2CCN(c3ccc(C#N)cn3)CC2=O)c1. The van der Waals surface area contributed by atoms with Crippen molar-refractivity contribution in [1.29, 1.82) is 5.26 Å². The number of hydrogen-bond donors (Lipinski definition) is 0. The molecule has 0 spiro atoms. The molecule has 0 bridgehead atoms. The number of aryl methyl sites for hydroxylation is 1. The smallest absolute Gasteiger partial charge is 0.242 e. The van der Waals surface area contributed by atoms with Crippen LogP contribution in [0.5, 0.6) is 0 Å². The normalized spacial score (nSPS) is 14.7. The molecule has 0 atom stereocenters. The Morgan fingerprint density at radius 1 is 1.26 bits per heavy atom. The van der Waals surface area contributed by atoms with Crippen LogP contribution in [-0.4, -0.2) is 35.4 Å². The van der Waals surface area contributed by atoms with Crippen molar-refractivity contribution < 1.29 is 4.79 Å². The van der Waals surface area contributed by atoms with Crippen LogP contribution in [0.15, 0.2) is 42.6 Å². The first kappa shape index (κ1) is 15.0. The van der Waals surface area contributed by atoms with Crippen LogP contribution in [0.4, 0.5) is 5.82 Å². The molecule has 5 heteroatoms. The minimum absolute atomic E-state index is 0.101. The van der Waals surface area contributed by atoms with E-state index in [9.17, 15) is 4.79 Å². The average Bonchev–Trinajstić information content (AvgIpc) is 2.57. The highest BCUT2D eigenvalue weighted by Crippen LogP contribution is 2.16. The molecule has 1 aromatic carbocycles. The Morgan fingerprint density at radius 3 is 2.78 bits per heavy atom. The van der Waals surface area contributed by atoms with Gasteiger partial charge in [-0.05, 0) is 24.6 Å². The van der Waals surface area contributed by atoms with Gasteiger partial charge >= 0.3 is 0 Å². The molecule has 0 N–H and O–H groups in total. The lowest BCUT2D eigenvalue weighted by molar-refractivity contribution is -0.131. The Bertz CT molecular complexity index is 748. The summed E-state index contributed by atoms with van der Waals surface area (Å²) in [5, 5.41) is 8.81.